The number of esters is 1. The van der Waals surface area contributed by atoms with Crippen LogP contribution in [0.15, 0.2) is 12.2 Å². The summed E-state index contributed by atoms with van der Waals surface area (Å²) in [5.41, 5.74) is 0. The van der Waals surface area contributed by atoms with Crippen LogP contribution in [0.25, 0.3) is 0 Å². The van der Waals surface area contributed by atoms with E-state index in [2.05, 4.69) is 26.0 Å². The standard InChI is InChI=1S/C33H64O2/c1-3-5-7-9-11-13-15-17-19-21-23-25-27-29-31-33(34)35-32-30-28-26-24-22-20-18-16-14-12-10-8-6-4-2/h14,16H,3-13,15,17-32H2,1-2H3/b16-14-. The van der Waals surface area contributed by atoms with Gasteiger partial charge in [0.25, 0.3) is 0 Å². The van der Waals surface area contributed by atoms with Crippen LogP contribution in [0.4, 0.5) is 0 Å². The summed E-state index contributed by atoms with van der Waals surface area (Å²) in [6, 6.07) is 0. The molecule has 0 unspecified atom stereocenters. The number of hydrogen-bond donors (Lipinski definition) is 0. The maximum atomic E-state index is 11.9. The van der Waals surface area contributed by atoms with E-state index in [0.717, 1.165) is 12.8 Å². The molecule has 0 N–H and O–H groups in total. The molecule has 0 amide bonds. The largest absolute Gasteiger partial charge is 0.466 e. The molecule has 0 bridgehead atoms. The van der Waals surface area contributed by atoms with Gasteiger partial charge in [-0.2, -0.15) is 0 Å². The molecule has 0 radical (unpaired) electrons. The molecule has 208 valence electrons. The number of unbranched alkanes of at least 4 members (excludes halogenated alkanes) is 23. The first-order chi connectivity index (χ1) is 17.3. The van der Waals surface area contributed by atoms with Crippen molar-refractivity contribution in [1.82, 2.24) is 0 Å². The number of ether oxygens (including phenoxy) is 1. The number of hydrogen-bond acceptors (Lipinski definition) is 2. The summed E-state index contributed by atoms with van der Waals surface area (Å²) in [6.45, 7) is 5.18. The lowest BCUT2D eigenvalue weighted by Crippen LogP contribution is -2.05. The van der Waals surface area contributed by atoms with Crippen LogP contribution in [0.5, 0.6) is 0 Å². The minimum atomic E-state index is 0.0189. The zero-order valence-corrected chi connectivity index (χ0v) is 24.3. The summed E-state index contributed by atoms with van der Waals surface area (Å²) in [7, 11) is 0. The molecule has 0 aromatic carbocycles. The van der Waals surface area contributed by atoms with Gasteiger partial charge in [0.05, 0.1) is 6.61 Å². The van der Waals surface area contributed by atoms with E-state index in [9.17, 15) is 4.79 Å². The van der Waals surface area contributed by atoms with E-state index in [1.165, 1.54) is 154 Å². The second kappa shape index (κ2) is 31.2. The summed E-state index contributed by atoms with van der Waals surface area (Å²) < 4.78 is 5.41. The van der Waals surface area contributed by atoms with Crippen molar-refractivity contribution in [3.05, 3.63) is 12.2 Å². The van der Waals surface area contributed by atoms with Crippen molar-refractivity contribution in [2.24, 2.45) is 0 Å². The van der Waals surface area contributed by atoms with Gasteiger partial charge in [-0.1, -0.05) is 154 Å². The smallest absolute Gasteiger partial charge is 0.305 e. The molecule has 0 rings (SSSR count). The normalized spacial score (nSPS) is 11.5. The molecule has 35 heavy (non-hydrogen) atoms. The van der Waals surface area contributed by atoms with Gasteiger partial charge < -0.3 is 4.74 Å². The average molecular weight is 493 g/mol. The predicted octanol–water partition coefficient (Wildman–Crippen LogP) is 11.7. The lowest BCUT2D eigenvalue weighted by atomic mass is 10.0. The molecule has 0 aromatic heterocycles. The fraction of sp³-hybridized carbons (Fsp3) is 0.909. The number of rotatable bonds is 29. The van der Waals surface area contributed by atoms with E-state index in [-0.39, 0.29) is 5.97 Å². The second-order valence-electron chi connectivity index (χ2n) is 10.8. The van der Waals surface area contributed by atoms with Gasteiger partial charge in [0.1, 0.15) is 0 Å². The molecule has 0 saturated carbocycles. The van der Waals surface area contributed by atoms with Crippen LogP contribution in [-0.2, 0) is 9.53 Å². The van der Waals surface area contributed by atoms with Crippen molar-refractivity contribution >= 4 is 5.97 Å². The molecule has 0 aliphatic heterocycles. The van der Waals surface area contributed by atoms with E-state index in [4.69, 9.17) is 4.74 Å². The Bertz CT molecular complexity index is 429. The van der Waals surface area contributed by atoms with Crippen LogP contribution >= 0.6 is 0 Å². The first-order valence-corrected chi connectivity index (χ1v) is 16.1. The van der Waals surface area contributed by atoms with E-state index < -0.39 is 0 Å². The minimum absolute atomic E-state index is 0.0189. The van der Waals surface area contributed by atoms with Crippen LogP contribution < -0.4 is 0 Å². The van der Waals surface area contributed by atoms with Crippen molar-refractivity contribution in [2.75, 3.05) is 6.61 Å². The lowest BCUT2D eigenvalue weighted by Gasteiger charge is -2.05. The van der Waals surface area contributed by atoms with Crippen molar-refractivity contribution in [1.29, 1.82) is 0 Å². The highest BCUT2D eigenvalue weighted by atomic mass is 16.5. The van der Waals surface area contributed by atoms with Gasteiger partial charge in [-0.15, -0.1) is 0 Å². The quantitative estimate of drug-likeness (QED) is 0.0589. The summed E-state index contributed by atoms with van der Waals surface area (Å²) in [5.74, 6) is 0.0189. The first kappa shape index (κ1) is 34.2. The van der Waals surface area contributed by atoms with Gasteiger partial charge in [0, 0.05) is 6.42 Å². The summed E-state index contributed by atoms with van der Waals surface area (Å²) in [6.07, 6.45) is 39.7. The van der Waals surface area contributed by atoms with Crippen LogP contribution in [0.3, 0.4) is 0 Å². The molecule has 0 spiro atoms. The van der Waals surface area contributed by atoms with Gasteiger partial charge in [-0.3, -0.25) is 4.79 Å². The van der Waals surface area contributed by atoms with Crippen LogP contribution in [0.2, 0.25) is 0 Å². The Morgan fingerprint density at radius 3 is 1.26 bits per heavy atom. The topological polar surface area (TPSA) is 26.3 Å². The summed E-state index contributed by atoms with van der Waals surface area (Å²) in [4.78, 5) is 11.9. The Hall–Kier alpha value is -0.790. The Kier molecular flexibility index (Phi) is 30.5. The van der Waals surface area contributed by atoms with Crippen molar-refractivity contribution in [3.8, 4) is 0 Å². The molecule has 0 aromatic rings. The maximum Gasteiger partial charge on any atom is 0.305 e. The zero-order chi connectivity index (χ0) is 25.5. The molecule has 0 heterocycles. The molecule has 2 nitrogen and oxygen atoms in total. The van der Waals surface area contributed by atoms with Gasteiger partial charge in [-0.25, -0.2) is 0 Å². The average Bonchev–Trinajstić information content (AvgIpc) is 2.86. The number of carbonyl (C=O) groups is 1. The van der Waals surface area contributed by atoms with E-state index in [1.807, 2.05) is 0 Å². The third-order valence-corrected chi connectivity index (χ3v) is 7.15. The Labute approximate surface area is 221 Å². The molecule has 0 atom stereocenters. The SMILES string of the molecule is CCCCCC/C=C\CCCCCCCCOC(=O)CCCCCCCCCCCCCCCC. The van der Waals surface area contributed by atoms with Gasteiger partial charge in [0.15, 0.2) is 0 Å². The summed E-state index contributed by atoms with van der Waals surface area (Å²) in [5, 5.41) is 0. The Morgan fingerprint density at radius 1 is 0.457 bits per heavy atom. The third-order valence-electron chi connectivity index (χ3n) is 7.15. The monoisotopic (exact) mass is 492 g/mol. The van der Waals surface area contributed by atoms with Crippen molar-refractivity contribution < 1.29 is 9.53 Å². The maximum absolute atomic E-state index is 11.9. The highest BCUT2D eigenvalue weighted by Gasteiger charge is 2.02. The fourth-order valence-corrected chi connectivity index (χ4v) is 4.72. The van der Waals surface area contributed by atoms with Gasteiger partial charge in [-0.05, 0) is 38.5 Å². The molecule has 0 saturated heterocycles. The number of allylic oxidation sites excluding steroid dienone is 2. The fourth-order valence-electron chi connectivity index (χ4n) is 4.72. The third kappa shape index (κ3) is 31.2. The molecular formula is C33H64O2. The number of carbonyl (C=O) groups excluding carboxylic acids is 1. The van der Waals surface area contributed by atoms with Crippen molar-refractivity contribution in [3.63, 3.8) is 0 Å². The first-order valence-electron chi connectivity index (χ1n) is 16.1. The van der Waals surface area contributed by atoms with Gasteiger partial charge in [0.2, 0.25) is 0 Å². The van der Waals surface area contributed by atoms with E-state index in [0.29, 0.717) is 13.0 Å². The van der Waals surface area contributed by atoms with Crippen molar-refractivity contribution in [2.45, 2.75) is 187 Å². The van der Waals surface area contributed by atoms with E-state index >= 15 is 0 Å². The second-order valence-corrected chi connectivity index (χ2v) is 10.8. The van der Waals surface area contributed by atoms with E-state index in [1.54, 1.807) is 0 Å². The molecule has 0 fully saturated rings. The lowest BCUT2D eigenvalue weighted by molar-refractivity contribution is -0.143. The molecule has 2 heteroatoms. The van der Waals surface area contributed by atoms with Crippen LogP contribution in [-0.4, -0.2) is 12.6 Å². The van der Waals surface area contributed by atoms with Crippen LogP contribution in [0, 0.1) is 0 Å². The van der Waals surface area contributed by atoms with Gasteiger partial charge >= 0.3 is 5.97 Å². The highest BCUT2D eigenvalue weighted by molar-refractivity contribution is 5.69. The predicted molar refractivity (Wildman–Crippen MR) is 156 cm³/mol. The highest BCUT2D eigenvalue weighted by Crippen LogP contribution is 2.14. The van der Waals surface area contributed by atoms with Crippen LogP contribution in [0.1, 0.15) is 187 Å². The Balaban J connectivity index is 3.18. The molecular weight excluding hydrogens is 428 g/mol. The molecule has 0 aliphatic carbocycles. The zero-order valence-electron chi connectivity index (χ0n) is 24.3. The molecule has 0 aliphatic rings. The minimum Gasteiger partial charge on any atom is -0.466 e. The Morgan fingerprint density at radius 2 is 0.800 bits per heavy atom. The summed E-state index contributed by atoms with van der Waals surface area (Å²) >= 11 is 0.